The zero-order valence-corrected chi connectivity index (χ0v) is 9.42. The van der Waals surface area contributed by atoms with Crippen molar-refractivity contribution < 1.29 is 17.6 Å². The monoisotopic (exact) mass is 258 g/mol. The molecule has 2 nitrogen and oxygen atoms in total. The Hall–Kier alpha value is -1.85. The fraction of sp³-hybridized carbons (Fsp3) is 0.250. The molecule has 2 rings (SSSR count). The fourth-order valence-corrected chi connectivity index (χ4v) is 1.77. The predicted octanol–water partition coefficient (Wildman–Crippen LogP) is 3.72. The molecule has 1 atom stereocenters. The number of aromatic amines is 1. The van der Waals surface area contributed by atoms with Gasteiger partial charge < -0.3 is 4.98 Å². The molecule has 1 heterocycles. The summed E-state index contributed by atoms with van der Waals surface area (Å²) in [5.41, 5.74) is -0.771. The maximum atomic E-state index is 13.9. The molecule has 6 heteroatoms. The predicted molar refractivity (Wildman–Crippen MR) is 57.5 cm³/mol. The van der Waals surface area contributed by atoms with Crippen LogP contribution in [-0.4, -0.2) is 9.97 Å². The van der Waals surface area contributed by atoms with E-state index in [1.54, 1.807) is 6.92 Å². The van der Waals surface area contributed by atoms with Crippen molar-refractivity contribution in [3.8, 4) is 0 Å². The zero-order valence-electron chi connectivity index (χ0n) is 9.42. The van der Waals surface area contributed by atoms with Crippen molar-refractivity contribution in [3.05, 3.63) is 53.4 Å². The molecule has 1 N–H and O–H groups in total. The van der Waals surface area contributed by atoms with Crippen molar-refractivity contribution in [1.82, 2.24) is 9.97 Å². The van der Waals surface area contributed by atoms with Crippen molar-refractivity contribution in [3.63, 3.8) is 0 Å². The molecule has 0 saturated carbocycles. The Balaban J connectivity index is 2.47. The molecule has 1 aromatic carbocycles. The maximum Gasteiger partial charge on any atom is 0.419 e. The second kappa shape index (κ2) is 4.44. The Morgan fingerprint density at radius 2 is 2.00 bits per heavy atom. The van der Waals surface area contributed by atoms with Crippen LogP contribution in [0.4, 0.5) is 17.6 Å². The third-order valence-corrected chi connectivity index (χ3v) is 2.76. The quantitative estimate of drug-likeness (QED) is 0.817. The van der Waals surface area contributed by atoms with Gasteiger partial charge in [-0.1, -0.05) is 19.1 Å². The highest BCUT2D eigenvalue weighted by atomic mass is 19.4. The van der Waals surface area contributed by atoms with Crippen molar-refractivity contribution in [2.45, 2.75) is 19.0 Å². The van der Waals surface area contributed by atoms with Crippen molar-refractivity contribution >= 4 is 0 Å². The standard InChI is InChI=1S/C12H10F4N2/c1-7(10-5-17-6-18-10)8-3-2-4-9(11(8)13)12(14,15)16/h2-7H,1H3,(H,17,18). The number of imidazole rings is 1. The van der Waals surface area contributed by atoms with E-state index in [9.17, 15) is 17.6 Å². The van der Waals surface area contributed by atoms with E-state index in [0.717, 1.165) is 6.07 Å². The fourth-order valence-electron chi connectivity index (χ4n) is 1.77. The number of alkyl halides is 3. The summed E-state index contributed by atoms with van der Waals surface area (Å²) < 4.78 is 51.6. The summed E-state index contributed by atoms with van der Waals surface area (Å²) in [5, 5.41) is 0. The smallest absolute Gasteiger partial charge is 0.351 e. The summed E-state index contributed by atoms with van der Waals surface area (Å²) in [4.78, 5) is 6.61. The largest absolute Gasteiger partial charge is 0.419 e. The number of hydrogen-bond donors (Lipinski definition) is 1. The minimum atomic E-state index is -4.69. The molecule has 0 radical (unpaired) electrons. The third kappa shape index (κ3) is 2.23. The topological polar surface area (TPSA) is 28.7 Å². The van der Waals surface area contributed by atoms with E-state index >= 15 is 0 Å². The first-order chi connectivity index (χ1) is 8.41. The van der Waals surface area contributed by atoms with Gasteiger partial charge in [-0.05, 0) is 11.6 Å². The van der Waals surface area contributed by atoms with E-state index in [2.05, 4.69) is 9.97 Å². The molecule has 0 amide bonds. The molecule has 96 valence electrons. The van der Waals surface area contributed by atoms with E-state index in [1.807, 2.05) is 0 Å². The summed E-state index contributed by atoms with van der Waals surface area (Å²) in [5.74, 6) is -1.78. The molecule has 0 bridgehead atoms. The first kappa shape index (κ1) is 12.6. The number of hydrogen-bond acceptors (Lipinski definition) is 1. The van der Waals surface area contributed by atoms with Crippen molar-refractivity contribution in [2.75, 3.05) is 0 Å². The summed E-state index contributed by atoms with van der Waals surface area (Å²) >= 11 is 0. The molecule has 0 fully saturated rings. The SMILES string of the molecule is CC(c1c[nH]cn1)c1cccc(C(F)(F)F)c1F. The molecule has 18 heavy (non-hydrogen) atoms. The molecule has 1 aromatic heterocycles. The summed E-state index contributed by atoms with van der Waals surface area (Å²) in [7, 11) is 0. The van der Waals surface area contributed by atoms with Crippen LogP contribution in [0.2, 0.25) is 0 Å². The van der Waals surface area contributed by atoms with E-state index in [4.69, 9.17) is 0 Å². The number of halogens is 4. The molecule has 0 aliphatic carbocycles. The van der Waals surface area contributed by atoms with Crippen LogP contribution < -0.4 is 0 Å². The Labute approximate surface area is 101 Å². The van der Waals surface area contributed by atoms with Crippen LogP contribution in [0.15, 0.2) is 30.7 Å². The molecule has 0 spiro atoms. The summed E-state index contributed by atoms with van der Waals surface area (Å²) in [6.45, 7) is 1.61. The molecular formula is C12H10F4N2. The second-order valence-electron chi connectivity index (χ2n) is 3.92. The minimum absolute atomic E-state index is 0.0167. The molecule has 0 aliphatic heterocycles. The number of nitrogens with one attached hydrogen (secondary N) is 1. The molecule has 0 aliphatic rings. The average molecular weight is 258 g/mol. The van der Waals surface area contributed by atoms with Gasteiger partial charge in [-0.15, -0.1) is 0 Å². The van der Waals surface area contributed by atoms with Crippen molar-refractivity contribution in [1.29, 1.82) is 0 Å². The number of H-pyrrole nitrogens is 1. The number of nitrogens with zero attached hydrogens (tertiary/aromatic N) is 1. The van der Waals surface area contributed by atoms with Crippen LogP contribution in [0.1, 0.15) is 29.7 Å². The Bertz CT molecular complexity index is 532. The lowest BCUT2D eigenvalue weighted by Gasteiger charge is -2.14. The van der Waals surface area contributed by atoms with Crippen LogP contribution in [0, 0.1) is 5.82 Å². The van der Waals surface area contributed by atoms with E-state index < -0.39 is 23.5 Å². The highest BCUT2D eigenvalue weighted by molar-refractivity contribution is 5.34. The van der Waals surface area contributed by atoms with Gasteiger partial charge >= 0.3 is 6.18 Å². The van der Waals surface area contributed by atoms with Gasteiger partial charge in [0.15, 0.2) is 0 Å². The molecular weight excluding hydrogens is 248 g/mol. The van der Waals surface area contributed by atoms with Gasteiger partial charge in [-0.25, -0.2) is 9.37 Å². The van der Waals surface area contributed by atoms with E-state index in [0.29, 0.717) is 5.69 Å². The van der Waals surface area contributed by atoms with Crippen LogP contribution in [0.25, 0.3) is 0 Å². The molecule has 1 unspecified atom stereocenters. The van der Waals surface area contributed by atoms with Crippen LogP contribution >= 0.6 is 0 Å². The molecule has 2 aromatic rings. The Morgan fingerprint density at radius 3 is 2.56 bits per heavy atom. The minimum Gasteiger partial charge on any atom is -0.351 e. The van der Waals surface area contributed by atoms with Gasteiger partial charge in [0, 0.05) is 12.1 Å². The number of rotatable bonds is 2. The number of aromatic nitrogens is 2. The lowest BCUT2D eigenvalue weighted by atomic mass is 9.95. The van der Waals surface area contributed by atoms with Gasteiger partial charge in [0.1, 0.15) is 5.82 Å². The van der Waals surface area contributed by atoms with E-state index in [-0.39, 0.29) is 5.56 Å². The molecule has 0 saturated heterocycles. The van der Waals surface area contributed by atoms with E-state index in [1.165, 1.54) is 24.7 Å². The van der Waals surface area contributed by atoms with Crippen LogP contribution in [0.3, 0.4) is 0 Å². The first-order valence-electron chi connectivity index (χ1n) is 5.25. The number of benzene rings is 1. The lowest BCUT2D eigenvalue weighted by molar-refractivity contribution is -0.140. The first-order valence-corrected chi connectivity index (χ1v) is 5.25. The summed E-state index contributed by atoms with van der Waals surface area (Å²) in [6, 6.07) is 3.27. The highest BCUT2D eigenvalue weighted by Crippen LogP contribution is 2.35. The van der Waals surface area contributed by atoms with Crippen LogP contribution in [-0.2, 0) is 6.18 Å². The summed E-state index contributed by atoms with van der Waals surface area (Å²) in [6.07, 6.45) is -1.76. The lowest BCUT2D eigenvalue weighted by Crippen LogP contribution is -2.11. The van der Waals surface area contributed by atoms with Gasteiger partial charge in [0.05, 0.1) is 17.6 Å². The van der Waals surface area contributed by atoms with Gasteiger partial charge in [0.25, 0.3) is 0 Å². The second-order valence-corrected chi connectivity index (χ2v) is 3.92. The average Bonchev–Trinajstić information content (AvgIpc) is 2.80. The van der Waals surface area contributed by atoms with Gasteiger partial charge in [-0.3, -0.25) is 0 Å². The Morgan fingerprint density at radius 1 is 1.28 bits per heavy atom. The van der Waals surface area contributed by atoms with Crippen LogP contribution in [0.5, 0.6) is 0 Å². The highest BCUT2D eigenvalue weighted by Gasteiger charge is 2.35. The zero-order chi connectivity index (χ0) is 13.3. The van der Waals surface area contributed by atoms with Gasteiger partial charge in [0.2, 0.25) is 0 Å². The van der Waals surface area contributed by atoms with Gasteiger partial charge in [-0.2, -0.15) is 13.2 Å². The Kier molecular flexibility index (Phi) is 3.11. The maximum absolute atomic E-state index is 13.9. The third-order valence-electron chi connectivity index (χ3n) is 2.76. The normalized spacial score (nSPS) is 13.6. The van der Waals surface area contributed by atoms with Crippen molar-refractivity contribution in [2.24, 2.45) is 0 Å².